The largest absolute Gasteiger partial charge is 0.385 e. The van der Waals surface area contributed by atoms with E-state index in [-0.39, 0.29) is 0 Å². The molecule has 0 amide bonds. The SMILES string of the molecule is COCCCCCNCC1=CCCOC1. The van der Waals surface area contributed by atoms with Crippen molar-refractivity contribution in [1.29, 1.82) is 0 Å². The number of ether oxygens (including phenoxy) is 2. The van der Waals surface area contributed by atoms with Gasteiger partial charge in [0.15, 0.2) is 0 Å². The monoisotopic (exact) mass is 213 g/mol. The summed E-state index contributed by atoms with van der Waals surface area (Å²) in [6, 6.07) is 0. The molecular weight excluding hydrogens is 190 g/mol. The van der Waals surface area contributed by atoms with Gasteiger partial charge in [0, 0.05) is 20.3 Å². The van der Waals surface area contributed by atoms with Crippen LogP contribution in [0.4, 0.5) is 0 Å². The molecule has 0 atom stereocenters. The molecule has 0 spiro atoms. The first-order valence-corrected chi connectivity index (χ1v) is 5.89. The van der Waals surface area contributed by atoms with Gasteiger partial charge in [-0.15, -0.1) is 0 Å². The number of nitrogens with one attached hydrogen (secondary N) is 1. The zero-order chi connectivity index (χ0) is 10.8. The first kappa shape index (κ1) is 12.7. The molecule has 1 N–H and O–H groups in total. The maximum Gasteiger partial charge on any atom is 0.0689 e. The van der Waals surface area contributed by atoms with Crippen molar-refractivity contribution in [2.75, 3.05) is 40.0 Å². The minimum absolute atomic E-state index is 0.816. The highest BCUT2D eigenvalue weighted by Gasteiger charge is 2.02. The van der Waals surface area contributed by atoms with Crippen LogP contribution in [-0.2, 0) is 9.47 Å². The summed E-state index contributed by atoms with van der Waals surface area (Å²) >= 11 is 0. The molecule has 3 heteroatoms. The van der Waals surface area contributed by atoms with Crippen LogP contribution < -0.4 is 5.32 Å². The summed E-state index contributed by atoms with van der Waals surface area (Å²) in [6.07, 6.45) is 7.02. The first-order valence-electron chi connectivity index (χ1n) is 5.89. The number of methoxy groups -OCH3 is 1. The fourth-order valence-corrected chi connectivity index (χ4v) is 1.65. The van der Waals surface area contributed by atoms with Crippen LogP contribution in [0.3, 0.4) is 0 Å². The molecule has 1 aliphatic rings. The summed E-state index contributed by atoms with van der Waals surface area (Å²) in [4.78, 5) is 0. The Balaban J connectivity index is 1.86. The lowest BCUT2D eigenvalue weighted by atomic mass is 10.2. The van der Waals surface area contributed by atoms with Crippen molar-refractivity contribution in [2.24, 2.45) is 0 Å². The van der Waals surface area contributed by atoms with E-state index < -0.39 is 0 Å². The smallest absolute Gasteiger partial charge is 0.0689 e. The van der Waals surface area contributed by atoms with Crippen molar-refractivity contribution in [3.8, 4) is 0 Å². The third-order valence-corrected chi connectivity index (χ3v) is 2.54. The molecule has 0 saturated heterocycles. The normalized spacial score (nSPS) is 16.5. The van der Waals surface area contributed by atoms with Crippen LogP contribution >= 0.6 is 0 Å². The summed E-state index contributed by atoms with van der Waals surface area (Å²) in [6.45, 7) is 4.68. The van der Waals surface area contributed by atoms with Crippen molar-refractivity contribution < 1.29 is 9.47 Å². The van der Waals surface area contributed by atoms with Gasteiger partial charge in [0.1, 0.15) is 0 Å². The Bertz CT molecular complexity index is 180. The second-order valence-electron chi connectivity index (χ2n) is 3.93. The zero-order valence-electron chi connectivity index (χ0n) is 9.76. The predicted octanol–water partition coefficient (Wildman–Crippen LogP) is 1.74. The van der Waals surface area contributed by atoms with E-state index in [2.05, 4.69) is 11.4 Å². The van der Waals surface area contributed by atoms with Crippen LogP contribution in [0.1, 0.15) is 25.7 Å². The van der Waals surface area contributed by atoms with Gasteiger partial charge in [0.25, 0.3) is 0 Å². The predicted molar refractivity (Wildman–Crippen MR) is 62.1 cm³/mol. The summed E-state index contributed by atoms with van der Waals surface area (Å²) < 4.78 is 10.4. The second kappa shape index (κ2) is 8.89. The molecule has 0 bridgehead atoms. The summed E-state index contributed by atoms with van der Waals surface area (Å²) in [5.41, 5.74) is 1.40. The van der Waals surface area contributed by atoms with E-state index in [0.717, 1.165) is 39.3 Å². The lowest BCUT2D eigenvalue weighted by Crippen LogP contribution is -2.22. The average molecular weight is 213 g/mol. The average Bonchev–Trinajstić information content (AvgIpc) is 2.29. The minimum Gasteiger partial charge on any atom is -0.385 e. The fourth-order valence-electron chi connectivity index (χ4n) is 1.65. The van der Waals surface area contributed by atoms with Gasteiger partial charge in [-0.1, -0.05) is 6.08 Å². The van der Waals surface area contributed by atoms with E-state index >= 15 is 0 Å². The second-order valence-corrected chi connectivity index (χ2v) is 3.93. The van der Waals surface area contributed by atoms with E-state index in [0.29, 0.717) is 0 Å². The van der Waals surface area contributed by atoms with Gasteiger partial charge in [-0.3, -0.25) is 0 Å². The van der Waals surface area contributed by atoms with Crippen LogP contribution in [0.5, 0.6) is 0 Å². The molecule has 0 aromatic carbocycles. The molecule has 1 rings (SSSR count). The summed E-state index contributed by atoms with van der Waals surface area (Å²) in [7, 11) is 1.76. The van der Waals surface area contributed by atoms with Crippen LogP contribution in [0.15, 0.2) is 11.6 Å². The molecule has 1 aliphatic heterocycles. The van der Waals surface area contributed by atoms with E-state index in [1.54, 1.807) is 7.11 Å². The quantitative estimate of drug-likeness (QED) is 0.492. The van der Waals surface area contributed by atoms with Gasteiger partial charge in [0.2, 0.25) is 0 Å². The molecule has 0 radical (unpaired) electrons. The lowest BCUT2D eigenvalue weighted by Gasteiger charge is -2.14. The van der Waals surface area contributed by atoms with E-state index in [4.69, 9.17) is 9.47 Å². The Morgan fingerprint density at radius 3 is 3.07 bits per heavy atom. The molecule has 0 aliphatic carbocycles. The molecule has 15 heavy (non-hydrogen) atoms. The first-order chi connectivity index (χ1) is 7.43. The van der Waals surface area contributed by atoms with Gasteiger partial charge < -0.3 is 14.8 Å². The van der Waals surface area contributed by atoms with Gasteiger partial charge in [-0.2, -0.15) is 0 Å². The standard InChI is InChI=1S/C12H23NO2/c1-14-8-4-2-3-7-13-10-12-6-5-9-15-11-12/h6,13H,2-5,7-11H2,1H3. The fraction of sp³-hybridized carbons (Fsp3) is 0.833. The van der Waals surface area contributed by atoms with Gasteiger partial charge in [0.05, 0.1) is 13.2 Å². The third-order valence-electron chi connectivity index (χ3n) is 2.54. The Morgan fingerprint density at radius 1 is 1.40 bits per heavy atom. The van der Waals surface area contributed by atoms with Gasteiger partial charge >= 0.3 is 0 Å². The Morgan fingerprint density at radius 2 is 2.33 bits per heavy atom. The zero-order valence-corrected chi connectivity index (χ0v) is 9.76. The number of unbranched alkanes of at least 4 members (excludes halogenated alkanes) is 2. The van der Waals surface area contributed by atoms with Crippen molar-refractivity contribution in [1.82, 2.24) is 5.32 Å². The molecule has 88 valence electrons. The van der Waals surface area contributed by atoms with Crippen LogP contribution in [0, 0.1) is 0 Å². The van der Waals surface area contributed by atoms with E-state index in [1.807, 2.05) is 0 Å². The van der Waals surface area contributed by atoms with Crippen LogP contribution in [0.25, 0.3) is 0 Å². The topological polar surface area (TPSA) is 30.5 Å². The Kier molecular flexibility index (Phi) is 7.52. The molecule has 3 nitrogen and oxygen atoms in total. The Hall–Kier alpha value is -0.380. The van der Waals surface area contributed by atoms with Crippen molar-refractivity contribution in [3.05, 3.63) is 11.6 Å². The van der Waals surface area contributed by atoms with E-state index in [1.165, 1.54) is 24.8 Å². The number of hydrogen-bond donors (Lipinski definition) is 1. The molecule has 1 heterocycles. The van der Waals surface area contributed by atoms with Gasteiger partial charge in [-0.25, -0.2) is 0 Å². The number of rotatable bonds is 8. The van der Waals surface area contributed by atoms with Crippen molar-refractivity contribution in [3.63, 3.8) is 0 Å². The molecule has 0 saturated carbocycles. The molecule has 0 aromatic heterocycles. The maximum absolute atomic E-state index is 5.37. The highest BCUT2D eigenvalue weighted by molar-refractivity contribution is 5.06. The third kappa shape index (κ3) is 6.66. The highest BCUT2D eigenvalue weighted by atomic mass is 16.5. The Labute approximate surface area is 92.8 Å². The summed E-state index contributed by atoms with van der Waals surface area (Å²) in [5, 5.41) is 3.44. The van der Waals surface area contributed by atoms with Crippen LogP contribution in [0.2, 0.25) is 0 Å². The summed E-state index contributed by atoms with van der Waals surface area (Å²) in [5.74, 6) is 0. The van der Waals surface area contributed by atoms with E-state index in [9.17, 15) is 0 Å². The minimum atomic E-state index is 0.816. The molecular formula is C12H23NO2. The van der Waals surface area contributed by atoms with Crippen molar-refractivity contribution >= 4 is 0 Å². The number of hydrogen-bond acceptors (Lipinski definition) is 3. The maximum atomic E-state index is 5.37. The highest BCUT2D eigenvalue weighted by Crippen LogP contribution is 2.04. The van der Waals surface area contributed by atoms with Crippen molar-refractivity contribution in [2.45, 2.75) is 25.7 Å². The lowest BCUT2D eigenvalue weighted by molar-refractivity contribution is 0.149. The molecule has 0 aromatic rings. The van der Waals surface area contributed by atoms with Crippen LogP contribution in [-0.4, -0.2) is 40.0 Å². The van der Waals surface area contributed by atoms with Gasteiger partial charge in [-0.05, 0) is 37.8 Å². The molecule has 0 fully saturated rings. The molecule has 0 unspecified atom stereocenters.